The molecule has 0 fully saturated rings. The summed E-state index contributed by atoms with van der Waals surface area (Å²) in [4.78, 5) is 0. The molecular formula is C42H23BN2O. The first-order valence-corrected chi connectivity index (χ1v) is 16.0. The van der Waals surface area contributed by atoms with Gasteiger partial charge in [-0.25, -0.2) is 0 Å². The maximum atomic E-state index is 6.69. The van der Waals surface area contributed by atoms with E-state index in [1.807, 2.05) is 0 Å². The van der Waals surface area contributed by atoms with Crippen LogP contribution < -0.4 is 10.9 Å². The molecule has 210 valence electrons. The maximum absolute atomic E-state index is 6.69. The van der Waals surface area contributed by atoms with Gasteiger partial charge in [0.2, 0.25) is 0 Å². The van der Waals surface area contributed by atoms with E-state index < -0.39 is 0 Å². The Kier molecular flexibility index (Phi) is 4.06. The van der Waals surface area contributed by atoms with E-state index in [4.69, 9.17) is 4.42 Å². The SMILES string of the molecule is c1ccc(-c2cc3c4c(c2)c2ccccc2n4-c2c4c(cc5oc6ccccc6c25)-c2cccc5c6ccccc6n(c25)B43)cc1. The fourth-order valence-corrected chi connectivity index (χ4v) is 8.94. The van der Waals surface area contributed by atoms with Crippen molar-refractivity contribution in [2.75, 3.05) is 0 Å². The lowest BCUT2D eigenvalue weighted by molar-refractivity contribution is 0.669. The molecule has 0 N–H and O–H groups in total. The summed E-state index contributed by atoms with van der Waals surface area (Å²) in [6.45, 7) is -0.0108. The van der Waals surface area contributed by atoms with Gasteiger partial charge in [0, 0.05) is 43.5 Å². The molecule has 5 heterocycles. The number of aromatic nitrogens is 2. The van der Waals surface area contributed by atoms with Crippen molar-refractivity contribution in [2.45, 2.75) is 0 Å². The monoisotopic (exact) mass is 582 g/mol. The Morgan fingerprint density at radius 2 is 1.20 bits per heavy atom. The van der Waals surface area contributed by atoms with E-state index >= 15 is 0 Å². The smallest absolute Gasteiger partial charge is 0.333 e. The molecule has 3 aromatic heterocycles. The van der Waals surface area contributed by atoms with E-state index in [0.717, 1.165) is 16.6 Å². The summed E-state index contributed by atoms with van der Waals surface area (Å²) in [6, 6.07) is 51.2. The van der Waals surface area contributed by atoms with Crippen LogP contribution in [0.25, 0.3) is 93.5 Å². The molecule has 0 atom stereocenters. The molecule has 2 aliphatic rings. The van der Waals surface area contributed by atoms with Crippen molar-refractivity contribution in [3.63, 3.8) is 0 Å². The van der Waals surface area contributed by atoms with Crippen LogP contribution in [-0.2, 0) is 0 Å². The summed E-state index contributed by atoms with van der Waals surface area (Å²) in [5.74, 6) is 0. The van der Waals surface area contributed by atoms with Crippen molar-refractivity contribution < 1.29 is 4.42 Å². The van der Waals surface area contributed by atoms with Gasteiger partial charge in [-0.2, -0.15) is 0 Å². The number of hydrogen-bond acceptors (Lipinski definition) is 1. The molecule has 0 radical (unpaired) electrons. The van der Waals surface area contributed by atoms with E-state index in [0.29, 0.717) is 0 Å². The predicted molar refractivity (Wildman–Crippen MR) is 192 cm³/mol. The third kappa shape index (κ3) is 2.62. The summed E-state index contributed by atoms with van der Waals surface area (Å²) < 4.78 is 11.9. The Hall–Kier alpha value is -6.00. The molecule has 10 aromatic rings. The van der Waals surface area contributed by atoms with Crippen molar-refractivity contribution >= 4 is 83.3 Å². The van der Waals surface area contributed by atoms with E-state index in [1.165, 1.54) is 87.9 Å². The lowest BCUT2D eigenvalue weighted by Gasteiger charge is -2.34. The zero-order chi connectivity index (χ0) is 29.7. The molecule has 0 unspecified atom stereocenters. The van der Waals surface area contributed by atoms with Crippen molar-refractivity contribution in [1.82, 2.24) is 9.05 Å². The first kappa shape index (κ1) is 23.4. The highest BCUT2D eigenvalue weighted by molar-refractivity contribution is 6.90. The van der Waals surface area contributed by atoms with Crippen LogP contribution in [0.3, 0.4) is 0 Å². The van der Waals surface area contributed by atoms with Crippen LogP contribution in [0.5, 0.6) is 0 Å². The zero-order valence-electron chi connectivity index (χ0n) is 24.7. The van der Waals surface area contributed by atoms with Gasteiger partial charge in [0.15, 0.2) is 0 Å². The van der Waals surface area contributed by atoms with Gasteiger partial charge < -0.3 is 13.5 Å². The van der Waals surface area contributed by atoms with Crippen molar-refractivity contribution in [2.24, 2.45) is 0 Å². The molecule has 46 heavy (non-hydrogen) atoms. The zero-order valence-corrected chi connectivity index (χ0v) is 24.7. The van der Waals surface area contributed by atoms with E-state index in [-0.39, 0.29) is 6.85 Å². The average Bonchev–Trinajstić information content (AvgIpc) is 3.77. The lowest BCUT2D eigenvalue weighted by atomic mass is 9.45. The summed E-state index contributed by atoms with van der Waals surface area (Å²) in [5, 5.41) is 7.50. The largest absolute Gasteiger partial charge is 0.456 e. The van der Waals surface area contributed by atoms with Gasteiger partial charge in [0.1, 0.15) is 11.2 Å². The minimum atomic E-state index is -0.0108. The van der Waals surface area contributed by atoms with E-state index in [1.54, 1.807) is 0 Å². The summed E-state index contributed by atoms with van der Waals surface area (Å²) in [6.07, 6.45) is 0. The highest BCUT2D eigenvalue weighted by Gasteiger charge is 2.43. The number of para-hydroxylation sites is 4. The fraction of sp³-hybridized carbons (Fsp3) is 0. The summed E-state index contributed by atoms with van der Waals surface area (Å²) in [7, 11) is 0. The number of furan rings is 1. The molecule has 7 aromatic carbocycles. The highest BCUT2D eigenvalue weighted by atomic mass is 16.3. The average molecular weight is 582 g/mol. The van der Waals surface area contributed by atoms with Crippen LogP contribution in [0.1, 0.15) is 0 Å². The van der Waals surface area contributed by atoms with Gasteiger partial charge in [-0.15, -0.1) is 0 Å². The number of benzene rings is 7. The molecule has 0 bridgehead atoms. The lowest BCUT2D eigenvalue weighted by Crippen LogP contribution is -2.55. The van der Waals surface area contributed by atoms with Gasteiger partial charge in [0.25, 0.3) is 0 Å². The minimum Gasteiger partial charge on any atom is -0.456 e. The third-order valence-electron chi connectivity index (χ3n) is 10.7. The van der Waals surface area contributed by atoms with Crippen LogP contribution in [0.15, 0.2) is 144 Å². The van der Waals surface area contributed by atoms with Gasteiger partial charge in [-0.05, 0) is 57.9 Å². The number of hydrogen-bond donors (Lipinski definition) is 0. The third-order valence-corrected chi connectivity index (χ3v) is 10.7. The topological polar surface area (TPSA) is 23.0 Å². The summed E-state index contributed by atoms with van der Waals surface area (Å²) >= 11 is 0. The predicted octanol–water partition coefficient (Wildman–Crippen LogP) is 9.41. The van der Waals surface area contributed by atoms with Gasteiger partial charge in [-0.3, -0.25) is 0 Å². The molecule has 4 heteroatoms. The Morgan fingerprint density at radius 1 is 0.478 bits per heavy atom. The molecule has 0 saturated carbocycles. The first-order chi connectivity index (χ1) is 22.8. The Labute approximate surface area is 263 Å². The molecule has 0 saturated heterocycles. The van der Waals surface area contributed by atoms with Crippen LogP contribution in [0, 0.1) is 0 Å². The minimum absolute atomic E-state index is 0.0108. The van der Waals surface area contributed by atoms with E-state index in [2.05, 4.69) is 149 Å². The maximum Gasteiger partial charge on any atom is 0.333 e. The van der Waals surface area contributed by atoms with Gasteiger partial charge >= 0.3 is 6.85 Å². The summed E-state index contributed by atoms with van der Waals surface area (Å²) in [5.41, 5.74) is 15.9. The second-order valence-electron chi connectivity index (χ2n) is 12.8. The number of fused-ring (bicyclic) bond motifs is 14. The Bertz CT molecular complexity index is 2980. The Morgan fingerprint density at radius 3 is 2.07 bits per heavy atom. The first-order valence-electron chi connectivity index (χ1n) is 16.0. The second-order valence-corrected chi connectivity index (χ2v) is 12.8. The number of nitrogens with zero attached hydrogens (tertiary/aromatic N) is 2. The van der Waals surface area contributed by atoms with Crippen molar-refractivity contribution in [1.29, 1.82) is 0 Å². The van der Waals surface area contributed by atoms with Crippen LogP contribution in [0.4, 0.5) is 0 Å². The molecule has 3 nitrogen and oxygen atoms in total. The van der Waals surface area contributed by atoms with Crippen molar-refractivity contribution in [3.05, 3.63) is 140 Å². The van der Waals surface area contributed by atoms with E-state index in [9.17, 15) is 0 Å². The molecule has 0 aliphatic carbocycles. The van der Waals surface area contributed by atoms with Crippen LogP contribution in [0.2, 0.25) is 0 Å². The normalized spacial score (nSPS) is 13.2. The highest BCUT2D eigenvalue weighted by Crippen LogP contribution is 2.47. The van der Waals surface area contributed by atoms with Crippen LogP contribution >= 0.6 is 0 Å². The quantitative estimate of drug-likeness (QED) is 0.177. The fourth-order valence-electron chi connectivity index (χ4n) is 8.94. The molecular weight excluding hydrogens is 559 g/mol. The molecule has 0 spiro atoms. The molecule has 12 rings (SSSR count). The van der Waals surface area contributed by atoms with Gasteiger partial charge in [-0.1, -0.05) is 109 Å². The van der Waals surface area contributed by atoms with Crippen molar-refractivity contribution in [3.8, 4) is 27.9 Å². The van der Waals surface area contributed by atoms with Crippen LogP contribution in [-0.4, -0.2) is 15.9 Å². The standard InChI is InChI=1S/C42H23BN2O/c1-2-11-24(12-3-1)25-21-32-27-14-4-7-18-34(27)44-41(32)33(22-25)43-39-31(23-37-38(42(39)44)30-15-6-9-20-36(30)46-37)29-17-10-16-28-26-13-5-8-19-35(26)45(43)40(28)29/h1-23H. The number of rotatable bonds is 1. The molecule has 2 aliphatic heterocycles. The molecule has 0 amide bonds. The second kappa shape index (κ2) is 7.98. The van der Waals surface area contributed by atoms with Gasteiger partial charge in [0.05, 0.1) is 22.1 Å². The Balaban J connectivity index is 1.40.